The molecule has 229 valence electrons. The molecule has 3 aromatic heterocycles. The molecule has 0 fully saturated rings. The quantitative estimate of drug-likeness (QED) is 0.128. The van der Waals surface area contributed by atoms with E-state index in [1.165, 1.54) is 35.3 Å². The van der Waals surface area contributed by atoms with Gasteiger partial charge in [0.1, 0.15) is 0 Å². The zero-order valence-electron chi connectivity index (χ0n) is 28.2. The van der Waals surface area contributed by atoms with Crippen molar-refractivity contribution in [3.05, 3.63) is 108 Å². The summed E-state index contributed by atoms with van der Waals surface area (Å²) in [5, 5.41) is 4.07. The van der Waals surface area contributed by atoms with Gasteiger partial charge in [-0.05, 0) is 33.8 Å². The summed E-state index contributed by atoms with van der Waals surface area (Å²) in [6, 6.07) is 31.9. The summed E-state index contributed by atoms with van der Waals surface area (Å²) in [4.78, 5) is 9.19. The first kappa shape index (κ1) is 33.0. The predicted octanol–water partition coefficient (Wildman–Crippen LogP) is 9.99. The number of nitrogens with zero attached hydrogens (tertiary/aromatic N) is 2. The fourth-order valence-electron chi connectivity index (χ4n) is 5.32. The molecule has 0 aliphatic carbocycles. The second kappa shape index (κ2) is 13.9. The molecule has 0 N–H and O–H groups in total. The van der Waals surface area contributed by atoms with E-state index < -0.39 is 27.2 Å². The number of pyridine rings is 2. The van der Waals surface area contributed by atoms with E-state index in [1.807, 2.05) is 67.8 Å². The Labute approximate surface area is 286 Å². The van der Waals surface area contributed by atoms with Crippen LogP contribution in [0.4, 0.5) is 0 Å². The van der Waals surface area contributed by atoms with Gasteiger partial charge < -0.3 is 4.98 Å². The van der Waals surface area contributed by atoms with E-state index in [0.29, 0.717) is 0 Å². The first-order valence-corrected chi connectivity index (χ1v) is 26.6. The smallest absolute Gasteiger partial charge is 0.0776 e. The minimum Gasteiger partial charge on any atom is -0.305 e. The van der Waals surface area contributed by atoms with Crippen LogP contribution in [0.15, 0.2) is 85.2 Å². The summed E-state index contributed by atoms with van der Waals surface area (Å²) >= 11 is 0.0582. The molecule has 0 spiro atoms. The van der Waals surface area contributed by atoms with Crippen molar-refractivity contribution < 1.29 is 21.5 Å². The molecule has 3 heterocycles. The Hall–Kier alpha value is -2.41. The Morgan fingerprint density at radius 3 is 2.27 bits per heavy atom. The van der Waals surface area contributed by atoms with Crippen molar-refractivity contribution in [1.82, 2.24) is 9.97 Å². The van der Waals surface area contributed by atoms with Crippen LogP contribution in [0.3, 0.4) is 0 Å². The Morgan fingerprint density at radius 2 is 1.64 bits per heavy atom. The molecule has 6 aromatic rings. The average molecular weight is 853 g/mol. The minimum atomic E-state index is -1.77. The van der Waals surface area contributed by atoms with Crippen molar-refractivity contribution in [2.45, 2.75) is 63.6 Å². The Bertz CT molecular complexity index is 1940. The number of hydrogen-bond donors (Lipinski definition) is 0. The summed E-state index contributed by atoms with van der Waals surface area (Å²) in [7, 11) is -1.34. The van der Waals surface area contributed by atoms with Gasteiger partial charge in [-0.3, -0.25) is 0 Å². The molecule has 44 heavy (non-hydrogen) atoms. The molecule has 0 atom stereocenters. The molecule has 6 heteroatoms. The third kappa shape index (κ3) is 7.68. The van der Waals surface area contributed by atoms with Crippen molar-refractivity contribution in [1.29, 1.82) is 0 Å². The number of aryl methyl sites for hydroxylation is 1. The van der Waals surface area contributed by atoms with Crippen LogP contribution in [0.25, 0.3) is 42.7 Å². The zero-order valence-corrected chi connectivity index (χ0v) is 33.5. The maximum absolute atomic E-state index is 8.33. The van der Waals surface area contributed by atoms with Gasteiger partial charge in [0, 0.05) is 32.4 Å². The van der Waals surface area contributed by atoms with Gasteiger partial charge >= 0.3 is 106 Å². The molecule has 0 bridgehead atoms. The summed E-state index contributed by atoms with van der Waals surface area (Å²) in [5.41, 5.74) is 6.38. The van der Waals surface area contributed by atoms with Crippen LogP contribution in [0.1, 0.15) is 32.2 Å². The molecule has 6 rings (SSSR count). The Balaban J connectivity index is 0.000000222. The van der Waals surface area contributed by atoms with Crippen molar-refractivity contribution in [3.8, 4) is 22.5 Å². The SMILES string of the molecule is Cc1cc(-c2[c-]cccc2)nc[c]1[Ge]([CH3])([CH3])[CH3].[2H]C(C)(C)c1ccnc(-c2[c-]ccc3c2sc2cc([Si](C)(C)C)ccc23)c1.[Ir]. The van der Waals surface area contributed by atoms with Gasteiger partial charge in [0.15, 0.2) is 0 Å². The van der Waals surface area contributed by atoms with Gasteiger partial charge in [-0.25, -0.2) is 0 Å². The molecule has 0 aliphatic heterocycles. The molecule has 1 radical (unpaired) electrons. The van der Waals surface area contributed by atoms with Gasteiger partial charge in [-0.2, -0.15) is 11.3 Å². The van der Waals surface area contributed by atoms with Crippen molar-refractivity contribution in [2.24, 2.45) is 0 Å². The molecular formula is C38H42GeIrN2SSi-2. The van der Waals surface area contributed by atoms with Gasteiger partial charge in [-0.1, -0.05) is 67.8 Å². The monoisotopic (exact) mass is 854 g/mol. The fraction of sp³-hybridized carbons (Fsp3) is 0.263. The summed E-state index contributed by atoms with van der Waals surface area (Å²) in [6.07, 6.45) is 3.88. The average Bonchev–Trinajstić information content (AvgIpc) is 3.35. The standard InChI is InChI=1S/C23H24NSSi.C15H18GeN.Ir/c1-15(2)16-11-12-24-21(13-16)20-8-6-7-19-18-10-9-17(26(3,4)5)14-22(18)25-23(19)20;1-12-10-15(13-8-6-5-7-9-13)17-11-14(12)16(2,3)4;/h6-7,9-15H,1-5H3;5-8,10-11H,1-4H3;/q2*-1;/i15D;;. The Kier molecular flexibility index (Phi) is 10.4. The number of benzene rings is 3. The number of fused-ring (bicyclic) bond motifs is 3. The van der Waals surface area contributed by atoms with Crippen LogP contribution in [0.2, 0.25) is 36.9 Å². The third-order valence-corrected chi connectivity index (χ3v) is 15.5. The maximum atomic E-state index is 8.33. The number of aromatic nitrogens is 2. The second-order valence-electron chi connectivity index (χ2n) is 13.5. The molecule has 0 unspecified atom stereocenters. The van der Waals surface area contributed by atoms with E-state index in [4.69, 9.17) is 1.37 Å². The first-order valence-electron chi connectivity index (χ1n) is 15.4. The normalized spacial score (nSPS) is 12.3. The predicted molar refractivity (Wildman–Crippen MR) is 195 cm³/mol. The van der Waals surface area contributed by atoms with Crippen LogP contribution in [0, 0.1) is 19.1 Å². The van der Waals surface area contributed by atoms with Gasteiger partial charge in [0.25, 0.3) is 0 Å². The van der Waals surface area contributed by atoms with E-state index in [-0.39, 0.29) is 20.1 Å². The molecule has 0 saturated carbocycles. The summed E-state index contributed by atoms with van der Waals surface area (Å²) in [6.45, 7) is 13.2. The minimum absolute atomic E-state index is 0. The van der Waals surface area contributed by atoms with Gasteiger partial charge in [0.2, 0.25) is 0 Å². The van der Waals surface area contributed by atoms with E-state index in [1.54, 1.807) is 0 Å². The fourth-order valence-corrected chi connectivity index (χ4v) is 11.4. The van der Waals surface area contributed by atoms with Crippen molar-refractivity contribution >= 4 is 62.4 Å². The molecule has 0 amide bonds. The first-order chi connectivity index (χ1) is 20.6. The third-order valence-electron chi connectivity index (χ3n) is 7.80. The van der Waals surface area contributed by atoms with Crippen LogP contribution in [-0.4, -0.2) is 31.3 Å². The van der Waals surface area contributed by atoms with Crippen LogP contribution in [-0.2, 0) is 20.1 Å². The van der Waals surface area contributed by atoms with Crippen LogP contribution >= 0.6 is 11.3 Å². The maximum Gasteiger partial charge on any atom is 0.0776 e. The van der Waals surface area contributed by atoms with Gasteiger partial charge in [-0.15, -0.1) is 23.8 Å². The van der Waals surface area contributed by atoms with E-state index in [9.17, 15) is 0 Å². The Morgan fingerprint density at radius 1 is 0.864 bits per heavy atom. The largest absolute Gasteiger partial charge is 0.305 e. The summed E-state index contributed by atoms with van der Waals surface area (Å²) in [5.74, 6) is 6.56. The summed E-state index contributed by atoms with van der Waals surface area (Å²) < 4.78 is 12.4. The number of rotatable bonds is 5. The van der Waals surface area contributed by atoms with E-state index in [2.05, 4.69) is 109 Å². The number of hydrogen-bond acceptors (Lipinski definition) is 3. The second-order valence-corrected chi connectivity index (χ2v) is 30.2. The van der Waals surface area contributed by atoms with Crippen LogP contribution < -0.4 is 9.58 Å². The number of thiophene rings is 1. The van der Waals surface area contributed by atoms with Crippen LogP contribution in [0.5, 0.6) is 0 Å². The van der Waals surface area contributed by atoms with Gasteiger partial charge in [0.05, 0.1) is 8.07 Å². The van der Waals surface area contributed by atoms with Crippen molar-refractivity contribution in [3.63, 3.8) is 0 Å². The van der Waals surface area contributed by atoms with Crippen molar-refractivity contribution in [2.75, 3.05) is 0 Å². The molecule has 3 aromatic carbocycles. The van der Waals surface area contributed by atoms with E-state index in [0.717, 1.165) is 28.1 Å². The molecule has 0 aliphatic rings. The zero-order chi connectivity index (χ0) is 31.9. The topological polar surface area (TPSA) is 25.8 Å². The molecule has 2 nitrogen and oxygen atoms in total. The molecule has 0 saturated heterocycles. The van der Waals surface area contributed by atoms with E-state index >= 15 is 0 Å². The molecular weight excluding hydrogens is 809 g/mol.